The number of benzene rings is 2. The monoisotopic (exact) mass is 450 g/mol. The lowest BCUT2D eigenvalue weighted by Crippen LogP contribution is -2.48. The largest absolute Gasteiger partial charge is 0.493 e. The molecule has 7 nitrogen and oxygen atoms in total. The van der Waals surface area contributed by atoms with Gasteiger partial charge in [0.25, 0.3) is 0 Å². The van der Waals surface area contributed by atoms with E-state index in [0.29, 0.717) is 30.9 Å². The normalized spacial score (nSPS) is 18.2. The molecule has 1 fully saturated rings. The third-order valence-corrected chi connectivity index (χ3v) is 7.03. The topological polar surface area (TPSA) is 84.9 Å². The van der Waals surface area contributed by atoms with Crippen molar-refractivity contribution in [2.24, 2.45) is 5.92 Å². The average molecular weight is 451 g/mol. The van der Waals surface area contributed by atoms with Crippen molar-refractivity contribution in [2.45, 2.75) is 30.7 Å². The van der Waals surface area contributed by atoms with Crippen LogP contribution in [-0.2, 0) is 14.8 Å². The van der Waals surface area contributed by atoms with Gasteiger partial charge in [-0.2, -0.15) is 4.31 Å². The molecule has 31 heavy (non-hydrogen) atoms. The van der Waals surface area contributed by atoms with Crippen LogP contribution in [0.1, 0.15) is 19.8 Å². The van der Waals surface area contributed by atoms with Crippen LogP contribution in [0.3, 0.4) is 0 Å². The second-order valence-electron chi connectivity index (χ2n) is 7.53. The van der Waals surface area contributed by atoms with Gasteiger partial charge in [0, 0.05) is 13.1 Å². The average Bonchev–Trinajstić information content (AvgIpc) is 2.78. The zero-order valence-corrected chi connectivity index (χ0v) is 18.4. The van der Waals surface area contributed by atoms with Gasteiger partial charge in [0.05, 0.1) is 24.0 Å². The highest BCUT2D eigenvalue weighted by Gasteiger charge is 2.33. The Labute approximate surface area is 182 Å². The first-order valence-electron chi connectivity index (χ1n) is 10.1. The molecule has 1 heterocycles. The van der Waals surface area contributed by atoms with Crippen molar-refractivity contribution < 1.29 is 27.1 Å². The Morgan fingerprint density at radius 1 is 1.19 bits per heavy atom. The molecular formula is C22H27FN2O5S. The maximum absolute atomic E-state index is 13.1. The molecule has 1 saturated heterocycles. The van der Waals surface area contributed by atoms with E-state index in [-0.39, 0.29) is 30.0 Å². The predicted molar refractivity (Wildman–Crippen MR) is 114 cm³/mol. The highest BCUT2D eigenvalue weighted by Crippen LogP contribution is 2.26. The van der Waals surface area contributed by atoms with Crippen LogP contribution in [0.2, 0.25) is 0 Å². The molecule has 168 valence electrons. The summed E-state index contributed by atoms with van der Waals surface area (Å²) in [4.78, 5) is 12.8. The van der Waals surface area contributed by atoms with Crippen LogP contribution >= 0.6 is 0 Å². The van der Waals surface area contributed by atoms with Gasteiger partial charge in [0.15, 0.2) is 11.5 Å². The van der Waals surface area contributed by atoms with E-state index in [1.807, 2.05) is 19.1 Å². The van der Waals surface area contributed by atoms with Gasteiger partial charge in [-0.3, -0.25) is 4.79 Å². The molecule has 1 aliphatic rings. The summed E-state index contributed by atoms with van der Waals surface area (Å²) in [6.07, 6.45) is 1.17. The molecule has 1 N–H and O–H groups in total. The molecule has 1 aliphatic heterocycles. The molecular weight excluding hydrogens is 423 g/mol. The molecule has 2 atom stereocenters. The van der Waals surface area contributed by atoms with Crippen molar-refractivity contribution >= 4 is 15.9 Å². The number of hydrogen-bond donors (Lipinski definition) is 1. The highest BCUT2D eigenvalue weighted by molar-refractivity contribution is 7.89. The van der Waals surface area contributed by atoms with Crippen LogP contribution in [0, 0.1) is 11.7 Å². The molecule has 2 aromatic carbocycles. The number of hydrogen-bond acceptors (Lipinski definition) is 5. The summed E-state index contributed by atoms with van der Waals surface area (Å²) in [7, 11) is -2.22. The quantitative estimate of drug-likeness (QED) is 0.669. The number of nitrogens with zero attached hydrogens (tertiary/aromatic N) is 1. The van der Waals surface area contributed by atoms with E-state index in [1.54, 1.807) is 19.2 Å². The molecule has 0 unspecified atom stereocenters. The summed E-state index contributed by atoms with van der Waals surface area (Å²) in [6, 6.07) is 11.7. The van der Waals surface area contributed by atoms with Gasteiger partial charge in [-0.05, 0) is 56.2 Å². The Kier molecular flexibility index (Phi) is 7.50. The summed E-state index contributed by atoms with van der Waals surface area (Å²) in [5.74, 6) is 0.0160. The molecule has 0 saturated carbocycles. The van der Waals surface area contributed by atoms with E-state index >= 15 is 0 Å². The van der Waals surface area contributed by atoms with Gasteiger partial charge < -0.3 is 14.8 Å². The number of para-hydroxylation sites is 2. The molecule has 0 aromatic heterocycles. The number of rotatable bonds is 8. The number of nitrogens with one attached hydrogen (secondary N) is 1. The summed E-state index contributed by atoms with van der Waals surface area (Å²) >= 11 is 0. The molecule has 0 radical (unpaired) electrons. The van der Waals surface area contributed by atoms with Gasteiger partial charge >= 0.3 is 0 Å². The number of amides is 1. The highest BCUT2D eigenvalue weighted by atomic mass is 32.2. The first-order valence-corrected chi connectivity index (χ1v) is 11.6. The molecule has 0 spiro atoms. The lowest BCUT2D eigenvalue weighted by atomic mass is 9.98. The summed E-state index contributed by atoms with van der Waals surface area (Å²) in [5, 5.41) is 2.90. The second kappa shape index (κ2) is 10.1. The minimum absolute atomic E-state index is 0.0218. The minimum Gasteiger partial charge on any atom is -0.493 e. The summed E-state index contributed by atoms with van der Waals surface area (Å²) < 4.78 is 51.1. The van der Waals surface area contributed by atoms with E-state index in [4.69, 9.17) is 9.47 Å². The van der Waals surface area contributed by atoms with Gasteiger partial charge in [0.1, 0.15) is 12.4 Å². The van der Waals surface area contributed by atoms with Crippen LogP contribution in [0.15, 0.2) is 53.4 Å². The SMILES string of the molecule is COc1ccccc1OC[C@@H](C)NC(=O)[C@@H]1CCCN(S(=O)(=O)c2ccc(F)cc2)C1. The number of ether oxygens (including phenoxy) is 2. The third-order valence-electron chi connectivity index (χ3n) is 5.15. The lowest BCUT2D eigenvalue weighted by Gasteiger charge is -2.31. The maximum Gasteiger partial charge on any atom is 0.243 e. The molecule has 2 aromatic rings. The second-order valence-corrected chi connectivity index (χ2v) is 9.47. The molecule has 0 bridgehead atoms. The number of piperidine rings is 1. The van der Waals surface area contributed by atoms with Crippen LogP contribution in [-0.4, -0.2) is 51.5 Å². The molecule has 1 amide bonds. The molecule has 0 aliphatic carbocycles. The van der Waals surface area contributed by atoms with Gasteiger partial charge in [0.2, 0.25) is 15.9 Å². The van der Waals surface area contributed by atoms with Gasteiger partial charge in [-0.1, -0.05) is 12.1 Å². The predicted octanol–water partition coefficient (Wildman–Crippen LogP) is 2.82. The van der Waals surface area contributed by atoms with Crippen molar-refractivity contribution in [3.05, 3.63) is 54.3 Å². The van der Waals surface area contributed by atoms with Gasteiger partial charge in [-0.25, -0.2) is 12.8 Å². The molecule has 3 rings (SSSR count). The minimum atomic E-state index is -3.78. The van der Waals surface area contributed by atoms with E-state index in [9.17, 15) is 17.6 Å². The number of carbonyl (C=O) groups is 1. The van der Waals surface area contributed by atoms with Gasteiger partial charge in [-0.15, -0.1) is 0 Å². The first kappa shape index (κ1) is 23.0. The first-order chi connectivity index (χ1) is 14.8. The maximum atomic E-state index is 13.1. The third kappa shape index (κ3) is 5.74. The smallest absolute Gasteiger partial charge is 0.243 e. The Morgan fingerprint density at radius 3 is 2.55 bits per heavy atom. The van der Waals surface area contributed by atoms with E-state index in [1.165, 1.54) is 16.4 Å². The van der Waals surface area contributed by atoms with E-state index in [2.05, 4.69) is 5.32 Å². The van der Waals surface area contributed by atoms with Crippen molar-refractivity contribution in [2.75, 3.05) is 26.8 Å². The van der Waals surface area contributed by atoms with E-state index < -0.39 is 21.8 Å². The zero-order chi connectivity index (χ0) is 22.4. The Morgan fingerprint density at radius 2 is 1.87 bits per heavy atom. The van der Waals surface area contributed by atoms with Crippen LogP contribution in [0.4, 0.5) is 4.39 Å². The number of sulfonamides is 1. The fourth-order valence-electron chi connectivity index (χ4n) is 3.49. The Hall–Kier alpha value is -2.65. The van der Waals surface area contributed by atoms with Crippen molar-refractivity contribution in [3.8, 4) is 11.5 Å². The number of halogens is 1. The van der Waals surface area contributed by atoms with Crippen LogP contribution in [0.5, 0.6) is 11.5 Å². The Balaban J connectivity index is 1.57. The fourth-order valence-corrected chi connectivity index (χ4v) is 5.01. The molecule has 9 heteroatoms. The number of carbonyl (C=O) groups excluding carboxylic acids is 1. The lowest BCUT2D eigenvalue weighted by molar-refractivity contribution is -0.126. The van der Waals surface area contributed by atoms with Crippen molar-refractivity contribution in [1.29, 1.82) is 0 Å². The zero-order valence-electron chi connectivity index (χ0n) is 17.6. The van der Waals surface area contributed by atoms with Crippen molar-refractivity contribution in [1.82, 2.24) is 9.62 Å². The summed E-state index contributed by atoms with van der Waals surface area (Å²) in [6.45, 7) is 2.49. The number of methoxy groups -OCH3 is 1. The van der Waals surface area contributed by atoms with Crippen LogP contribution < -0.4 is 14.8 Å². The van der Waals surface area contributed by atoms with E-state index in [0.717, 1.165) is 12.1 Å². The Bertz CT molecular complexity index is 997. The summed E-state index contributed by atoms with van der Waals surface area (Å²) in [5.41, 5.74) is 0. The standard InChI is InChI=1S/C22H27FN2O5S/c1-16(15-30-21-8-4-3-7-20(21)29-2)24-22(26)17-6-5-13-25(14-17)31(27,28)19-11-9-18(23)10-12-19/h3-4,7-12,16-17H,5-6,13-15H2,1-2H3,(H,24,26)/t16-,17-/m1/s1. The van der Waals surface area contributed by atoms with Crippen LogP contribution in [0.25, 0.3) is 0 Å². The fraction of sp³-hybridized carbons (Fsp3) is 0.409. The van der Waals surface area contributed by atoms with Crippen molar-refractivity contribution in [3.63, 3.8) is 0 Å².